The SMILES string of the molecule is O=CCC1C(O)CC(OC2CCCCO2)C1C=CC(Cc1cccs1)OC1CCCCO1. The van der Waals surface area contributed by atoms with Crippen molar-refractivity contribution >= 4 is 17.6 Å². The Bertz CT molecular complexity index is 695. The van der Waals surface area contributed by atoms with Crippen molar-refractivity contribution in [3.63, 3.8) is 0 Å². The molecule has 3 aliphatic rings. The predicted octanol–water partition coefficient (Wildman–Crippen LogP) is 4.26. The first-order chi connectivity index (χ1) is 15.7. The van der Waals surface area contributed by atoms with Crippen molar-refractivity contribution in [3.8, 4) is 0 Å². The van der Waals surface area contributed by atoms with E-state index in [1.807, 2.05) is 0 Å². The van der Waals surface area contributed by atoms with Crippen molar-refractivity contribution < 1.29 is 28.8 Å². The van der Waals surface area contributed by atoms with Gasteiger partial charge in [0, 0.05) is 49.2 Å². The van der Waals surface area contributed by atoms with E-state index in [-0.39, 0.29) is 36.6 Å². The van der Waals surface area contributed by atoms with Crippen LogP contribution in [0.3, 0.4) is 0 Å². The van der Waals surface area contributed by atoms with Gasteiger partial charge < -0.3 is 28.8 Å². The molecule has 1 saturated carbocycles. The molecule has 7 atom stereocenters. The molecule has 2 saturated heterocycles. The van der Waals surface area contributed by atoms with E-state index in [2.05, 4.69) is 29.7 Å². The van der Waals surface area contributed by atoms with Gasteiger partial charge in [-0.15, -0.1) is 11.3 Å². The molecule has 2 aliphatic heterocycles. The third-order valence-corrected chi connectivity index (χ3v) is 7.62. The summed E-state index contributed by atoms with van der Waals surface area (Å²) in [6.07, 6.45) is 11.6. The molecular weight excluding hydrogens is 428 g/mol. The maximum absolute atomic E-state index is 11.3. The monoisotopic (exact) mass is 464 g/mol. The van der Waals surface area contributed by atoms with Crippen LogP contribution in [0.2, 0.25) is 0 Å². The Morgan fingerprint density at radius 2 is 1.94 bits per heavy atom. The molecule has 3 fully saturated rings. The van der Waals surface area contributed by atoms with Crippen LogP contribution in [-0.4, -0.2) is 55.5 Å². The number of ether oxygens (including phenoxy) is 4. The Labute approximate surface area is 194 Å². The van der Waals surface area contributed by atoms with E-state index in [1.165, 1.54) is 4.88 Å². The smallest absolute Gasteiger partial charge is 0.158 e. The topological polar surface area (TPSA) is 74.2 Å². The minimum Gasteiger partial charge on any atom is -0.393 e. The van der Waals surface area contributed by atoms with E-state index in [9.17, 15) is 9.90 Å². The Balaban J connectivity index is 1.47. The number of hydrogen-bond acceptors (Lipinski definition) is 7. The molecule has 0 amide bonds. The Morgan fingerprint density at radius 1 is 1.16 bits per heavy atom. The van der Waals surface area contributed by atoms with Crippen LogP contribution in [0.4, 0.5) is 0 Å². The fourth-order valence-corrected chi connectivity index (χ4v) is 5.76. The third kappa shape index (κ3) is 6.72. The molecule has 1 aromatic rings. The quantitative estimate of drug-likeness (QED) is 0.412. The lowest BCUT2D eigenvalue weighted by molar-refractivity contribution is -0.193. The van der Waals surface area contributed by atoms with E-state index in [0.717, 1.165) is 64.4 Å². The number of carbonyl (C=O) groups is 1. The zero-order chi connectivity index (χ0) is 22.2. The first-order valence-corrected chi connectivity index (χ1v) is 13.0. The predicted molar refractivity (Wildman–Crippen MR) is 122 cm³/mol. The molecule has 1 aliphatic carbocycles. The molecule has 1 N–H and O–H groups in total. The summed E-state index contributed by atoms with van der Waals surface area (Å²) >= 11 is 1.72. The number of hydrogen-bond donors (Lipinski definition) is 1. The van der Waals surface area contributed by atoms with Crippen LogP contribution in [0.25, 0.3) is 0 Å². The lowest BCUT2D eigenvalue weighted by atomic mass is 9.90. The highest BCUT2D eigenvalue weighted by molar-refractivity contribution is 7.09. The van der Waals surface area contributed by atoms with Gasteiger partial charge in [-0.2, -0.15) is 0 Å². The van der Waals surface area contributed by atoms with Crippen molar-refractivity contribution in [1.82, 2.24) is 0 Å². The van der Waals surface area contributed by atoms with E-state index in [4.69, 9.17) is 18.9 Å². The third-order valence-electron chi connectivity index (χ3n) is 6.72. The second-order valence-corrected chi connectivity index (χ2v) is 10.1. The molecule has 32 heavy (non-hydrogen) atoms. The van der Waals surface area contributed by atoms with Gasteiger partial charge in [0.1, 0.15) is 6.29 Å². The van der Waals surface area contributed by atoms with Gasteiger partial charge in [-0.3, -0.25) is 0 Å². The van der Waals surface area contributed by atoms with Crippen molar-refractivity contribution in [3.05, 3.63) is 34.5 Å². The lowest BCUT2D eigenvalue weighted by Gasteiger charge is -2.29. The zero-order valence-corrected chi connectivity index (χ0v) is 19.5. The number of aliphatic hydroxyl groups is 1. The molecule has 178 valence electrons. The summed E-state index contributed by atoms with van der Waals surface area (Å²) < 4.78 is 24.2. The van der Waals surface area contributed by atoms with Crippen LogP contribution in [0.5, 0.6) is 0 Å². The van der Waals surface area contributed by atoms with Crippen LogP contribution in [0.1, 0.15) is 56.2 Å². The molecule has 0 bridgehead atoms. The summed E-state index contributed by atoms with van der Waals surface area (Å²) in [5.74, 6) is -0.201. The largest absolute Gasteiger partial charge is 0.393 e. The second-order valence-electron chi connectivity index (χ2n) is 9.06. The number of carbonyl (C=O) groups excluding carboxylic acids is 1. The van der Waals surface area contributed by atoms with Crippen LogP contribution in [-0.2, 0) is 30.2 Å². The summed E-state index contributed by atoms with van der Waals surface area (Å²) in [6, 6.07) is 4.18. The number of aldehydes is 1. The molecule has 6 nitrogen and oxygen atoms in total. The first-order valence-electron chi connectivity index (χ1n) is 12.1. The molecule has 4 rings (SSSR count). The highest BCUT2D eigenvalue weighted by Crippen LogP contribution is 2.39. The minimum absolute atomic E-state index is 0.0533. The van der Waals surface area contributed by atoms with Gasteiger partial charge in [0.2, 0.25) is 0 Å². The maximum atomic E-state index is 11.3. The number of thiophene rings is 1. The highest BCUT2D eigenvalue weighted by atomic mass is 32.1. The molecule has 3 heterocycles. The van der Waals surface area contributed by atoms with Gasteiger partial charge in [-0.05, 0) is 50.0 Å². The molecule has 0 radical (unpaired) electrons. The van der Waals surface area contributed by atoms with Crippen molar-refractivity contribution in [1.29, 1.82) is 0 Å². The van der Waals surface area contributed by atoms with Crippen LogP contribution in [0, 0.1) is 11.8 Å². The van der Waals surface area contributed by atoms with E-state index in [1.54, 1.807) is 11.3 Å². The fraction of sp³-hybridized carbons (Fsp3) is 0.720. The molecule has 7 unspecified atom stereocenters. The van der Waals surface area contributed by atoms with Crippen LogP contribution < -0.4 is 0 Å². The molecule has 0 spiro atoms. The van der Waals surface area contributed by atoms with E-state index < -0.39 is 6.10 Å². The maximum Gasteiger partial charge on any atom is 0.158 e. The van der Waals surface area contributed by atoms with Gasteiger partial charge in [-0.1, -0.05) is 18.2 Å². The van der Waals surface area contributed by atoms with Crippen molar-refractivity contribution in [2.45, 2.75) is 88.7 Å². The summed E-state index contributed by atoms with van der Waals surface area (Å²) in [4.78, 5) is 12.6. The second kappa shape index (κ2) is 12.4. The van der Waals surface area contributed by atoms with E-state index in [0.29, 0.717) is 12.8 Å². The zero-order valence-electron chi connectivity index (χ0n) is 18.7. The van der Waals surface area contributed by atoms with Crippen LogP contribution in [0.15, 0.2) is 29.7 Å². The van der Waals surface area contributed by atoms with Gasteiger partial charge in [0.25, 0.3) is 0 Å². The van der Waals surface area contributed by atoms with E-state index >= 15 is 0 Å². The molecule has 7 heteroatoms. The fourth-order valence-electron chi connectivity index (χ4n) is 5.01. The van der Waals surface area contributed by atoms with Crippen molar-refractivity contribution in [2.75, 3.05) is 13.2 Å². The Hall–Kier alpha value is -1.09. The summed E-state index contributed by atoms with van der Waals surface area (Å²) in [6.45, 7) is 1.46. The van der Waals surface area contributed by atoms with Gasteiger partial charge >= 0.3 is 0 Å². The summed E-state index contributed by atoms with van der Waals surface area (Å²) in [5, 5.41) is 12.7. The molecule has 0 aromatic carbocycles. The Kier molecular flexibility index (Phi) is 9.31. The van der Waals surface area contributed by atoms with Crippen molar-refractivity contribution in [2.24, 2.45) is 11.8 Å². The molecular formula is C25H36O6S. The lowest BCUT2D eigenvalue weighted by Crippen LogP contribution is -2.31. The minimum atomic E-state index is -0.554. The Morgan fingerprint density at radius 3 is 2.59 bits per heavy atom. The highest BCUT2D eigenvalue weighted by Gasteiger charge is 2.43. The summed E-state index contributed by atoms with van der Waals surface area (Å²) in [7, 11) is 0. The van der Waals surface area contributed by atoms with Gasteiger partial charge in [-0.25, -0.2) is 0 Å². The normalized spacial score (nSPS) is 34.7. The van der Waals surface area contributed by atoms with Gasteiger partial charge in [0.05, 0.1) is 18.3 Å². The number of rotatable bonds is 10. The molecule has 1 aromatic heterocycles. The van der Waals surface area contributed by atoms with Crippen LogP contribution >= 0.6 is 11.3 Å². The summed E-state index contributed by atoms with van der Waals surface area (Å²) in [5.41, 5.74) is 0. The first kappa shape index (κ1) is 24.0. The average Bonchev–Trinajstić information content (AvgIpc) is 3.42. The average molecular weight is 465 g/mol. The van der Waals surface area contributed by atoms with Gasteiger partial charge in [0.15, 0.2) is 12.6 Å². The standard InChI is InChI=1S/C25H36O6S/c26-12-11-20-21(23(17-22(20)27)31-25-8-2-4-14-29-25)10-9-18(16-19-6-5-15-32-19)30-24-7-1-3-13-28-24/h5-6,9-10,12,15,18,20-25,27H,1-4,7-8,11,13-14,16-17H2. The number of aliphatic hydroxyl groups excluding tert-OH is 1.